The minimum Gasteiger partial charge on any atom is -0.388 e. The van der Waals surface area contributed by atoms with Crippen molar-refractivity contribution >= 4 is 6.29 Å². The van der Waals surface area contributed by atoms with Crippen LogP contribution in [0.25, 0.3) is 0 Å². The second kappa shape index (κ2) is 6.69. The van der Waals surface area contributed by atoms with Crippen LogP contribution in [-0.4, -0.2) is 55.2 Å². The predicted octanol–water partition coefficient (Wildman–Crippen LogP) is 1.62. The summed E-state index contributed by atoms with van der Waals surface area (Å²) in [6.07, 6.45) is 2.31. The van der Waals surface area contributed by atoms with Gasteiger partial charge in [-0.25, -0.2) is 0 Å². The Kier molecular flexibility index (Phi) is 5.14. The van der Waals surface area contributed by atoms with Gasteiger partial charge in [0.2, 0.25) is 0 Å². The Morgan fingerprint density at radius 1 is 1.33 bits per heavy atom. The van der Waals surface area contributed by atoms with Crippen LogP contribution < -0.4 is 0 Å². The maximum Gasteiger partial charge on any atom is 0.131 e. The number of benzene rings is 1. The standard InChI is InChI=1S/C17H25NO3/c1-16(14-19,15-6-4-3-5-7-15)12-18(2)13-17(20)8-10-21-11-9-17/h3-7,14,20H,8-13H2,1-2H3. The number of nitrogens with zero attached hydrogens (tertiary/aromatic N) is 1. The average Bonchev–Trinajstić information content (AvgIpc) is 2.48. The number of ether oxygens (including phenoxy) is 1. The molecule has 1 aliphatic rings. The fraction of sp³-hybridized carbons (Fsp3) is 0.588. The van der Waals surface area contributed by atoms with Crippen molar-refractivity contribution in [3.63, 3.8) is 0 Å². The van der Waals surface area contributed by atoms with Gasteiger partial charge in [0.25, 0.3) is 0 Å². The van der Waals surface area contributed by atoms with Gasteiger partial charge in [-0.1, -0.05) is 30.3 Å². The van der Waals surface area contributed by atoms with Crippen LogP contribution >= 0.6 is 0 Å². The highest BCUT2D eigenvalue weighted by atomic mass is 16.5. The fourth-order valence-electron chi connectivity index (χ4n) is 3.04. The highest BCUT2D eigenvalue weighted by Crippen LogP contribution is 2.25. The molecule has 1 aromatic carbocycles. The van der Waals surface area contributed by atoms with E-state index < -0.39 is 11.0 Å². The van der Waals surface area contributed by atoms with Gasteiger partial charge in [0.05, 0.1) is 11.0 Å². The van der Waals surface area contributed by atoms with Crippen LogP contribution in [0.3, 0.4) is 0 Å². The smallest absolute Gasteiger partial charge is 0.131 e. The largest absolute Gasteiger partial charge is 0.388 e. The number of likely N-dealkylation sites (N-methyl/N-ethyl adjacent to an activating group) is 1. The third-order valence-corrected chi connectivity index (χ3v) is 4.28. The van der Waals surface area contributed by atoms with Crippen molar-refractivity contribution in [1.29, 1.82) is 0 Å². The van der Waals surface area contributed by atoms with Gasteiger partial charge in [-0.2, -0.15) is 0 Å². The molecule has 0 radical (unpaired) electrons. The van der Waals surface area contributed by atoms with E-state index in [1.165, 1.54) is 0 Å². The second-order valence-corrected chi connectivity index (χ2v) is 6.41. The van der Waals surface area contributed by atoms with Crippen LogP contribution in [0.5, 0.6) is 0 Å². The van der Waals surface area contributed by atoms with Gasteiger partial charge in [-0.05, 0) is 19.5 Å². The molecule has 0 aromatic heterocycles. The van der Waals surface area contributed by atoms with Gasteiger partial charge in [0, 0.05) is 39.1 Å². The van der Waals surface area contributed by atoms with E-state index in [1.54, 1.807) is 0 Å². The minimum absolute atomic E-state index is 0.558. The zero-order chi connectivity index (χ0) is 15.3. The van der Waals surface area contributed by atoms with Crippen molar-refractivity contribution in [2.45, 2.75) is 30.8 Å². The van der Waals surface area contributed by atoms with Gasteiger partial charge in [-0.15, -0.1) is 0 Å². The molecule has 1 heterocycles. The molecule has 21 heavy (non-hydrogen) atoms. The Morgan fingerprint density at radius 2 is 1.95 bits per heavy atom. The maximum atomic E-state index is 11.6. The Hall–Kier alpha value is -1.23. The number of rotatable bonds is 6. The Morgan fingerprint density at radius 3 is 2.52 bits per heavy atom. The Balaban J connectivity index is 2.02. The molecule has 0 bridgehead atoms. The third-order valence-electron chi connectivity index (χ3n) is 4.28. The predicted molar refractivity (Wildman–Crippen MR) is 82.4 cm³/mol. The van der Waals surface area contributed by atoms with Crippen molar-refractivity contribution in [1.82, 2.24) is 4.90 Å². The van der Waals surface area contributed by atoms with Crippen LogP contribution in [0.4, 0.5) is 0 Å². The van der Waals surface area contributed by atoms with Crippen molar-refractivity contribution in [2.75, 3.05) is 33.4 Å². The minimum atomic E-state index is -0.701. The molecule has 116 valence electrons. The molecule has 1 aromatic rings. The first-order valence-electron chi connectivity index (χ1n) is 7.48. The van der Waals surface area contributed by atoms with Crippen molar-refractivity contribution in [3.8, 4) is 0 Å². The highest BCUT2D eigenvalue weighted by Gasteiger charge is 2.34. The molecular formula is C17H25NO3. The summed E-state index contributed by atoms with van der Waals surface area (Å²) < 4.78 is 5.30. The third kappa shape index (κ3) is 4.13. The van der Waals surface area contributed by atoms with E-state index in [2.05, 4.69) is 0 Å². The first-order valence-corrected chi connectivity index (χ1v) is 7.48. The lowest BCUT2D eigenvalue weighted by Crippen LogP contribution is -2.49. The van der Waals surface area contributed by atoms with E-state index in [0.717, 1.165) is 11.8 Å². The van der Waals surface area contributed by atoms with Gasteiger partial charge < -0.3 is 19.5 Å². The number of carbonyl (C=O) groups excluding carboxylic acids is 1. The first kappa shape index (κ1) is 16.1. The summed E-state index contributed by atoms with van der Waals surface area (Å²) in [4.78, 5) is 13.7. The van der Waals surface area contributed by atoms with Crippen LogP contribution in [0, 0.1) is 0 Å². The molecule has 4 nitrogen and oxygen atoms in total. The van der Waals surface area contributed by atoms with Gasteiger partial charge in [0.1, 0.15) is 6.29 Å². The molecule has 4 heteroatoms. The van der Waals surface area contributed by atoms with Crippen LogP contribution in [0.2, 0.25) is 0 Å². The second-order valence-electron chi connectivity index (χ2n) is 6.41. The zero-order valence-electron chi connectivity index (χ0n) is 12.9. The summed E-state index contributed by atoms with van der Waals surface area (Å²) in [7, 11) is 1.96. The summed E-state index contributed by atoms with van der Waals surface area (Å²) >= 11 is 0. The van der Waals surface area contributed by atoms with E-state index in [0.29, 0.717) is 39.1 Å². The molecule has 1 unspecified atom stereocenters. The van der Waals surface area contributed by atoms with E-state index in [1.807, 2.05) is 49.2 Å². The van der Waals surface area contributed by atoms with E-state index in [-0.39, 0.29) is 0 Å². The summed E-state index contributed by atoms with van der Waals surface area (Å²) in [6, 6.07) is 9.80. The molecule has 1 N–H and O–H groups in total. The lowest BCUT2D eigenvalue weighted by Gasteiger charge is -2.38. The Labute approximate surface area is 126 Å². The molecule has 0 aliphatic carbocycles. The van der Waals surface area contributed by atoms with Gasteiger partial charge in [0.15, 0.2) is 0 Å². The lowest BCUT2D eigenvalue weighted by atomic mass is 9.83. The topological polar surface area (TPSA) is 49.8 Å². The van der Waals surface area contributed by atoms with Crippen LogP contribution in [-0.2, 0) is 14.9 Å². The maximum absolute atomic E-state index is 11.6. The molecule has 0 spiro atoms. The van der Waals surface area contributed by atoms with E-state index in [9.17, 15) is 9.90 Å². The van der Waals surface area contributed by atoms with Crippen LogP contribution in [0.15, 0.2) is 30.3 Å². The van der Waals surface area contributed by atoms with Crippen molar-refractivity contribution < 1.29 is 14.6 Å². The van der Waals surface area contributed by atoms with Crippen molar-refractivity contribution in [3.05, 3.63) is 35.9 Å². The molecule has 1 saturated heterocycles. The van der Waals surface area contributed by atoms with E-state index in [4.69, 9.17) is 4.74 Å². The fourth-order valence-corrected chi connectivity index (χ4v) is 3.04. The van der Waals surface area contributed by atoms with Gasteiger partial charge >= 0.3 is 0 Å². The summed E-state index contributed by atoms with van der Waals surface area (Å²) in [5, 5.41) is 10.6. The average molecular weight is 291 g/mol. The monoisotopic (exact) mass is 291 g/mol. The molecule has 1 aliphatic heterocycles. The highest BCUT2D eigenvalue weighted by molar-refractivity contribution is 5.68. The molecule has 1 atom stereocenters. The zero-order valence-corrected chi connectivity index (χ0v) is 12.9. The summed E-state index contributed by atoms with van der Waals surface area (Å²) in [5.41, 5.74) is -0.254. The Bertz CT molecular complexity index is 456. The summed E-state index contributed by atoms with van der Waals surface area (Å²) in [6.45, 7) is 4.30. The normalized spacial score (nSPS) is 21.0. The van der Waals surface area contributed by atoms with E-state index >= 15 is 0 Å². The van der Waals surface area contributed by atoms with Crippen molar-refractivity contribution in [2.24, 2.45) is 0 Å². The molecule has 1 fully saturated rings. The molecule has 2 rings (SSSR count). The lowest BCUT2D eigenvalue weighted by molar-refractivity contribution is -0.113. The van der Waals surface area contributed by atoms with Gasteiger partial charge in [-0.3, -0.25) is 0 Å². The quantitative estimate of drug-likeness (QED) is 0.809. The number of hydrogen-bond acceptors (Lipinski definition) is 4. The number of carbonyl (C=O) groups is 1. The SMILES string of the molecule is CN(CC1(O)CCOCC1)CC(C)(C=O)c1ccccc1. The number of hydrogen-bond donors (Lipinski definition) is 1. The summed E-state index contributed by atoms with van der Waals surface area (Å²) in [5.74, 6) is 0. The first-order chi connectivity index (χ1) is 9.97. The molecular weight excluding hydrogens is 266 g/mol. The molecule has 0 amide bonds. The number of aldehydes is 1. The number of aliphatic hydroxyl groups is 1. The molecule has 0 saturated carbocycles. The van der Waals surface area contributed by atoms with Crippen LogP contribution in [0.1, 0.15) is 25.3 Å².